The van der Waals surface area contributed by atoms with Gasteiger partial charge in [0, 0.05) is 45.1 Å². The van der Waals surface area contributed by atoms with Crippen LogP contribution in [0, 0.1) is 0 Å². The number of piperazine rings is 1. The third-order valence-corrected chi connectivity index (χ3v) is 4.47. The number of aromatic nitrogens is 1. The lowest BCUT2D eigenvalue weighted by molar-refractivity contribution is -0.145. The number of hydrogen-bond acceptors (Lipinski definition) is 4. The summed E-state index contributed by atoms with van der Waals surface area (Å²) in [6, 6.07) is 3.61. The van der Waals surface area contributed by atoms with Gasteiger partial charge in [0.15, 0.2) is 5.96 Å². The number of carbonyl (C=O) groups is 2. The molecule has 0 spiro atoms. The first-order valence-corrected chi connectivity index (χ1v) is 9.22. The van der Waals surface area contributed by atoms with Gasteiger partial charge in [0.25, 0.3) is 5.91 Å². The zero-order valence-electron chi connectivity index (χ0n) is 16.8. The highest BCUT2D eigenvalue weighted by Crippen LogP contribution is 2.24. The normalized spacial score (nSPS) is 17.3. The zero-order chi connectivity index (χ0) is 20.0. The topological polar surface area (TPSA) is 89.9 Å². The molecule has 0 aromatic carbocycles. The lowest BCUT2D eigenvalue weighted by Gasteiger charge is -2.49. The summed E-state index contributed by atoms with van der Waals surface area (Å²) in [7, 11) is 1.70. The van der Waals surface area contributed by atoms with Gasteiger partial charge in [-0.15, -0.1) is 0 Å². The first-order valence-electron chi connectivity index (χ1n) is 9.22. The summed E-state index contributed by atoms with van der Waals surface area (Å²) >= 11 is 0. The highest BCUT2D eigenvalue weighted by atomic mass is 16.2. The maximum Gasteiger partial charge on any atom is 0.252 e. The maximum absolute atomic E-state index is 12.6. The van der Waals surface area contributed by atoms with Gasteiger partial charge in [0.05, 0.1) is 17.6 Å². The van der Waals surface area contributed by atoms with Crippen molar-refractivity contribution in [1.29, 1.82) is 0 Å². The lowest BCUT2D eigenvalue weighted by Crippen LogP contribution is -2.66. The fourth-order valence-electron chi connectivity index (χ4n) is 3.59. The average Bonchev–Trinajstić information content (AvgIpc) is 2.60. The molecule has 0 saturated carbocycles. The molecule has 2 amide bonds. The van der Waals surface area contributed by atoms with E-state index in [1.165, 1.54) is 6.20 Å². The second kappa shape index (κ2) is 8.83. The van der Waals surface area contributed by atoms with E-state index in [2.05, 4.69) is 34.5 Å². The van der Waals surface area contributed by atoms with Crippen molar-refractivity contribution in [2.45, 2.75) is 39.3 Å². The molecule has 148 valence electrons. The minimum absolute atomic E-state index is 0.0917. The van der Waals surface area contributed by atoms with Crippen LogP contribution < -0.4 is 10.6 Å². The standard InChI is InChI=1S/C19H30N6O2/c1-14(2)25-16(26)12-24(13-19(25,3)4)18(20-5)23-10-9-22-17(27)15-7-6-8-21-11-15/h6-8,11,14H,9-10,12-13H2,1-5H3,(H,20,23)(H,22,27). The number of nitrogens with one attached hydrogen (secondary N) is 2. The van der Waals surface area contributed by atoms with E-state index < -0.39 is 0 Å². The van der Waals surface area contributed by atoms with E-state index in [1.807, 2.05) is 23.6 Å². The van der Waals surface area contributed by atoms with Crippen LogP contribution in [0.2, 0.25) is 0 Å². The molecule has 0 bridgehead atoms. The molecule has 8 nitrogen and oxygen atoms in total. The van der Waals surface area contributed by atoms with Gasteiger partial charge >= 0.3 is 0 Å². The van der Waals surface area contributed by atoms with Crippen molar-refractivity contribution < 1.29 is 9.59 Å². The number of aliphatic imine (C=N–C) groups is 1. The van der Waals surface area contributed by atoms with Crippen molar-refractivity contribution in [1.82, 2.24) is 25.4 Å². The van der Waals surface area contributed by atoms with Crippen LogP contribution in [0.5, 0.6) is 0 Å². The Kier molecular flexibility index (Phi) is 6.76. The summed E-state index contributed by atoms with van der Waals surface area (Å²) in [6.45, 7) is 10.1. The van der Waals surface area contributed by atoms with Crippen LogP contribution in [0.1, 0.15) is 38.1 Å². The van der Waals surface area contributed by atoms with Gasteiger partial charge in [-0.1, -0.05) is 0 Å². The maximum atomic E-state index is 12.6. The molecule has 1 aromatic rings. The number of pyridine rings is 1. The molecule has 0 aliphatic carbocycles. The number of guanidine groups is 1. The van der Waals surface area contributed by atoms with E-state index in [0.717, 1.165) is 0 Å². The lowest BCUT2D eigenvalue weighted by atomic mass is 9.96. The molecular formula is C19H30N6O2. The fourth-order valence-corrected chi connectivity index (χ4v) is 3.59. The van der Waals surface area contributed by atoms with E-state index >= 15 is 0 Å². The van der Waals surface area contributed by atoms with Crippen LogP contribution >= 0.6 is 0 Å². The summed E-state index contributed by atoms with van der Waals surface area (Å²) in [5, 5.41) is 6.06. The van der Waals surface area contributed by atoms with Crippen LogP contribution in [0.25, 0.3) is 0 Å². The minimum Gasteiger partial charge on any atom is -0.354 e. The SMILES string of the molecule is CN=C(NCCNC(=O)c1cccnc1)N1CC(=O)N(C(C)C)C(C)(C)C1. The number of hydrogen-bond donors (Lipinski definition) is 2. The van der Waals surface area contributed by atoms with Gasteiger partial charge in [-0.05, 0) is 39.8 Å². The molecule has 27 heavy (non-hydrogen) atoms. The average molecular weight is 374 g/mol. The van der Waals surface area contributed by atoms with Crippen LogP contribution in [0.3, 0.4) is 0 Å². The Labute approximate surface area is 161 Å². The summed E-state index contributed by atoms with van der Waals surface area (Å²) in [4.78, 5) is 36.7. The van der Waals surface area contributed by atoms with Gasteiger partial charge in [-0.25, -0.2) is 0 Å². The van der Waals surface area contributed by atoms with Gasteiger partial charge < -0.3 is 20.4 Å². The third kappa shape index (κ3) is 5.18. The van der Waals surface area contributed by atoms with Crippen LogP contribution in [-0.4, -0.2) is 77.4 Å². The Bertz CT molecular complexity index is 687. The molecule has 8 heteroatoms. The molecule has 2 rings (SSSR count). The predicted molar refractivity (Wildman–Crippen MR) is 106 cm³/mol. The highest BCUT2D eigenvalue weighted by molar-refractivity contribution is 5.93. The van der Waals surface area contributed by atoms with Crippen molar-refractivity contribution in [3.8, 4) is 0 Å². The fraction of sp³-hybridized carbons (Fsp3) is 0.579. The quantitative estimate of drug-likeness (QED) is 0.450. The van der Waals surface area contributed by atoms with Crippen LogP contribution in [-0.2, 0) is 4.79 Å². The molecular weight excluding hydrogens is 344 g/mol. The predicted octanol–water partition coefficient (Wildman–Crippen LogP) is 0.718. The summed E-state index contributed by atoms with van der Waals surface area (Å²) in [6.07, 6.45) is 3.16. The number of rotatable bonds is 5. The first-order chi connectivity index (χ1) is 12.8. The minimum atomic E-state index is -0.282. The molecule has 1 fully saturated rings. The Hall–Kier alpha value is -2.64. The van der Waals surface area contributed by atoms with Gasteiger partial charge in [0.2, 0.25) is 5.91 Å². The highest BCUT2D eigenvalue weighted by Gasteiger charge is 2.40. The van der Waals surface area contributed by atoms with Crippen molar-refractivity contribution >= 4 is 17.8 Å². The Morgan fingerprint density at radius 3 is 2.59 bits per heavy atom. The van der Waals surface area contributed by atoms with Crippen molar-refractivity contribution in [3.63, 3.8) is 0 Å². The molecule has 2 N–H and O–H groups in total. The number of carbonyl (C=O) groups excluding carboxylic acids is 2. The molecule has 1 saturated heterocycles. The van der Waals surface area contributed by atoms with E-state index in [0.29, 0.717) is 37.7 Å². The summed E-state index contributed by atoms with van der Waals surface area (Å²) in [5.74, 6) is 0.589. The molecule has 1 aliphatic heterocycles. The zero-order valence-corrected chi connectivity index (χ0v) is 16.8. The van der Waals surface area contributed by atoms with Crippen molar-refractivity contribution in [3.05, 3.63) is 30.1 Å². The van der Waals surface area contributed by atoms with E-state index in [-0.39, 0.29) is 23.4 Å². The number of nitrogens with zero attached hydrogens (tertiary/aromatic N) is 4. The Morgan fingerprint density at radius 1 is 1.33 bits per heavy atom. The molecule has 1 aliphatic rings. The van der Waals surface area contributed by atoms with Crippen LogP contribution in [0.15, 0.2) is 29.5 Å². The van der Waals surface area contributed by atoms with E-state index in [9.17, 15) is 9.59 Å². The monoisotopic (exact) mass is 374 g/mol. The van der Waals surface area contributed by atoms with Gasteiger partial charge in [-0.3, -0.25) is 19.6 Å². The van der Waals surface area contributed by atoms with Crippen molar-refractivity contribution in [2.75, 3.05) is 33.2 Å². The molecule has 2 heterocycles. The summed E-state index contributed by atoms with van der Waals surface area (Å²) in [5.41, 5.74) is 0.245. The first kappa shape index (κ1) is 20.7. The van der Waals surface area contributed by atoms with E-state index in [1.54, 1.807) is 25.4 Å². The Balaban J connectivity index is 1.87. The second-order valence-electron chi connectivity index (χ2n) is 7.50. The van der Waals surface area contributed by atoms with Gasteiger partial charge in [-0.2, -0.15) is 0 Å². The smallest absolute Gasteiger partial charge is 0.252 e. The molecule has 0 radical (unpaired) electrons. The van der Waals surface area contributed by atoms with Gasteiger partial charge in [0.1, 0.15) is 0 Å². The molecule has 1 aromatic heterocycles. The van der Waals surface area contributed by atoms with Crippen molar-refractivity contribution in [2.24, 2.45) is 4.99 Å². The summed E-state index contributed by atoms with van der Waals surface area (Å²) < 4.78 is 0. The molecule has 0 unspecified atom stereocenters. The third-order valence-electron chi connectivity index (χ3n) is 4.47. The van der Waals surface area contributed by atoms with Crippen LogP contribution in [0.4, 0.5) is 0 Å². The largest absolute Gasteiger partial charge is 0.354 e. The number of amides is 2. The van der Waals surface area contributed by atoms with E-state index in [4.69, 9.17) is 0 Å². The molecule has 0 atom stereocenters. The second-order valence-corrected chi connectivity index (χ2v) is 7.50. The Morgan fingerprint density at radius 2 is 2.04 bits per heavy atom.